The van der Waals surface area contributed by atoms with Crippen molar-refractivity contribution in [2.24, 2.45) is 0 Å². The van der Waals surface area contributed by atoms with Crippen molar-refractivity contribution >= 4 is 39.2 Å². The maximum atomic E-state index is 5.90. The Labute approximate surface area is 119 Å². The second-order valence-corrected chi connectivity index (χ2v) is 15.8. The summed E-state index contributed by atoms with van der Waals surface area (Å²) in [5.41, 5.74) is 0. The van der Waals surface area contributed by atoms with Crippen LogP contribution in [-0.2, 0) is 0 Å². The first-order valence-corrected chi connectivity index (χ1v) is 13.4. The lowest BCUT2D eigenvalue weighted by atomic mass is 10.6. The van der Waals surface area contributed by atoms with Crippen LogP contribution >= 0.6 is 22.6 Å². The molecule has 1 aromatic rings. The fourth-order valence-electron chi connectivity index (χ4n) is 1.02. The molecule has 0 bridgehead atoms. The summed E-state index contributed by atoms with van der Waals surface area (Å²) < 4.78 is 12.6. The Morgan fingerprint density at radius 2 is 1.53 bits per heavy atom. The number of halogens is 1. The Kier molecular flexibility index (Phi) is 4.58. The van der Waals surface area contributed by atoms with Crippen LogP contribution in [0.4, 0.5) is 0 Å². The molecule has 4 nitrogen and oxygen atoms in total. The largest absolute Gasteiger partial charge is 0.531 e. The number of aromatic nitrogens is 2. The minimum absolute atomic E-state index is 0.429. The van der Waals surface area contributed by atoms with Crippen LogP contribution in [0, 0.1) is 3.57 Å². The maximum absolute atomic E-state index is 5.90. The topological polar surface area (TPSA) is 44.2 Å². The minimum atomic E-state index is -1.67. The van der Waals surface area contributed by atoms with Gasteiger partial charge in [0.2, 0.25) is 22.5 Å². The summed E-state index contributed by atoms with van der Waals surface area (Å²) in [6.45, 7) is 12.7. The van der Waals surface area contributed by atoms with Gasteiger partial charge in [0.05, 0.1) is 9.77 Å². The van der Waals surface area contributed by atoms with E-state index in [-0.39, 0.29) is 0 Å². The number of hydrogen-bond acceptors (Lipinski definition) is 4. The molecule has 0 aliphatic carbocycles. The Hall–Kier alpha value is -0.156. The van der Waals surface area contributed by atoms with Crippen molar-refractivity contribution in [3.8, 4) is 11.9 Å². The van der Waals surface area contributed by atoms with Crippen molar-refractivity contribution in [3.05, 3.63) is 9.77 Å². The number of rotatable bonds is 4. The Morgan fingerprint density at radius 1 is 1.00 bits per heavy atom. The highest BCUT2D eigenvalue weighted by Crippen LogP contribution is 2.23. The first-order chi connectivity index (χ1) is 7.57. The molecule has 0 amide bonds. The van der Waals surface area contributed by atoms with Crippen molar-refractivity contribution in [1.29, 1.82) is 0 Å². The fraction of sp³-hybridized carbons (Fsp3) is 0.600. The monoisotopic (exact) mass is 382 g/mol. The van der Waals surface area contributed by atoms with E-state index in [0.29, 0.717) is 11.9 Å². The summed E-state index contributed by atoms with van der Waals surface area (Å²) in [7, 11) is -3.32. The first kappa shape index (κ1) is 14.9. The van der Waals surface area contributed by atoms with E-state index in [9.17, 15) is 0 Å². The highest BCUT2D eigenvalue weighted by atomic mass is 127. The molecular formula is C10H19IN2O2Si2. The average molecular weight is 382 g/mol. The molecule has 0 aromatic carbocycles. The molecule has 1 rings (SSSR count). The van der Waals surface area contributed by atoms with E-state index < -0.39 is 16.6 Å². The van der Waals surface area contributed by atoms with Crippen molar-refractivity contribution in [2.45, 2.75) is 39.3 Å². The van der Waals surface area contributed by atoms with Gasteiger partial charge in [-0.1, -0.05) is 0 Å². The van der Waals surface area contributed by atoms with Gasteiger partial charge in [-0.25, -0.2) is 4.98 Å². The molecular weight excluding hydrogens is 363 g/mol. The number of nitrogens with zero attached hydrogens (tertiary/aromatic N) is 2. The molecule has 0 N–H and O–H groups in total. The molecule has 0 fully saturated rings. The molecule has 1 aromatic heterocycles. The van der Waals surface area contributed by atoms with E-state index >= 15 is 0 Å². The molecule has 0 radical (unpaired) electrons. The zero-order chi connectivity index (χ0) is 13.3. The summed E-state index contributed by atoms with van der Waals surface area (Å²) >= 11 is 2.18. The van der Waals surface area contributed by atoms with Crippen LogP contribution in [0.15, 0.2) is 6.20 Å². The van der Waals surface area contributed by atoms with Crippen LogP contribution in [0.2, 0.25) is 39.3 Å². The maximum Gasteiger partial charge on any atom is 0.305 e. The Bertz CT molecular complexity index is 402. The molecule has 0 spiro atoms. The van der Waals surface area contributed by atoms with Crippen molar-refractivity contribution < 1.29 is 8.85 Å². The van der Waals surface area contributed by atoms with Gasteiger partial charge in [0.25, 0.3) is 0 Å². The summed E-state index contributed by atoms with van der Waals surface area (Å²) in [6.07, 6.45) is 1.75. The summed E-state index contributed by atoms with van der Waals surface area (Å²) in [5.74, 6) is 0.646. The third kappa shape index (κ3) is 5.82. The Balaban J connectivity index is 2.95. The van der Waals surface area contributed by atoms with E-state index in [1.54, 1.807) is 6.20 Å². The zero-order valence-electron chi connectivity index (χ0n) is 11.2. The van der Waals surface area contributed by atoms with E-state index in [4.69, 9.17) is 8.85 Å². The third-order valence-electron chi connectivity index (χ3n) is 1.49. The van der Waals surface area contributed by atoms with Gasteiger partial charge < -0.3 is 8.85 Å². The fourth-order valence-corrected chi connectivity index (χ4v) is 2.98. The molecule has 7 heteroatoms. The molecule has 0 atom stereocenters. The van der Waals surface area contributed by atoms with Gasteiger partial charge in [-0.2, -0.15) is 4.98 Å². The SMILES string of the molecule is C[Si](C)(C)Oc1ncc(I)c(O[Si](C)(C)C)n1. The lowest BCUT2D eigenvalue weighted by molar-refractivity contribution is 0.473. The van der Waals surface area contributed by atoms with Gasteiger partial charge in [-0.15, -0.1) is 0 Å². The normalized spacial score (nSPS) is 12.4. The lowest BCUT2D eigenvalue weighted by Gasteiger charge is -2.21. The standard InChI is InChI=1S/C10H19IN2O2Si2/c1-16(2,3)14-9-8(11)7-12-10(13-9)15-17(4,5)6/h7H,1-6H3. The summed E-state index contributed by atoms with van der Waals surface area (Å²) in [6, 6.07) is 0.429. The van der Waals surface area contributed by atoms with E-state index in [1.807, 2.05) is 0 Å². The van der Waals surface area contributed by atoms with Gasteiger partial charge in [-0.3, -0.25) is 0 Å². The van der Waals surface area contributed by atoms with Gasteiger partial charge in [0, 0.05) is 0 Å². The smallest absolute Gasteiger partial charge is 0.305 e. The van der Waals surface area contributed by atoms with E-state index in [1.165, 1.54) is 0 Å². The van der Waals surface area contributed by atoms with Crippen LogP contribution in [-0.4, -0.2) is 26.6 Å². The zero-order valence-corrected chi connectivity index (χ0v) is 15.3. The predicted octanol–water partition coefficient (Wildman–Crippen LogP) is 3.51. The molecule has 0 aliphatic rings. The molecule has 1 heterocycles. The van der Waals surface area contributed by atoms with Crippen LogP contribution in [0.5, 0.6) is 11.9 Å². The van der Waals surface area contributed by atoms with Crippen LogP contribution < -0.4 is 8.85 Å². The van der Waals surface area contributed by atoms with E-state index in [2.05, 4.69) is 71.8 Å². The highest BCUT2D eigenvalue weighted by molar-refractivity contribution is 14.1. The minimum Gasteiger partial charge on any atom is -0.531 e. The van der Waals surface area contributed by atoms with Crippen molar-refractivity contribution in [1.82, 2.24) is 9.97 Å². The number of hydrogen-bond donors (Lipinski definition) is 0. The average Bonchev–Trinajstić information content (AvgIpc) is 2.05. The first-order valence-electron chi connectivity index (χ1n) is 5.47. The molecule has 0 unspecified atom stereocenters. The molecule has 17 heavy (non-hydrogen) atoms. The van der Waals surface area contributed by atoms with Crippen LogP contribution in [0.1, 0.15) is 0 Å². The quantitative estimate of drug-likeness (QED) is 0.591. The highest BCUT2D eigenvalue weighted by Gasteiger charge is 2.22. The van der Waals surface area contributed by atoms with E-state index in [0.717, 1.165) is 3.57 Å². The van der Waals surface area contributed by atoms with Gasteiger partial charge in [0.15, 0.2) is 0 Å². The van der Waals surface area contributed by atoms with Crippen LogP contribution in [0.3, 0.4) is 0 Å². The van der Waals surface area contributed by atoms with Gasteiger partial charge in [0.1, 0.15) is 0 Å². The predicted molar refractivity (Wildman–Crippen MR) is 82.7 cm³/mol. The van der Waals surface area contributed by atoms with Crippen molar-refractivity contribution in [2.75, 3.05) is 0 Å². The van der Waals surface area contributed by atoms with Crippen molar-refractivity contribution in [3.63, 3.8) is 0 Å². The molecule has 0 aliphatic heterocycles. The summed E-state index contributed by atoms with van der Waals surface area (Å²) in [5, 5.41) is 0. The van der Waals surface area contributed by atoms with Gasteiger partial charge in [-0.05, 0) is 61.9 Å². The molecule has 96 valence electrons. The molecule has 0 saturated heterocycles. The van der Waals surface area contributed by atoms with Gasteiger partial charge >= 0.3 is 6.01 Å². The molecule has 0 saturated carbocycles. The summed E-state index contributed by atoms with van der Waals surface area (Å²) in [4.78, 5) is 8.53. The Morgan fingerprint density at radius 3 is 2.00 bits per heavy atom. The third-order valence-corrected chi connectivity index (χ3v) is 3.83. The van der Waals surface area contributed by atoms with Crippen LogP contribution in [0.25, 0.3) is 0 Å². The second-order valence-electron chi connectivity index (χ2n) is 5.73. The second kappa shape index (κ2) is 5.23. The lowest BCUT2D eigenvalue weighted by Crippen LogP contribution is -2.32.